The Hall–Kier alpha value is -1.90. The Kier molecular flexibility index (Phi) is 4.61. The third-order valence-electron chi connectivity index (χ3n) is 3.05. The lowest BCUT2D eigenvalue weighted by atomic mass is 10.2. The number of benzene rings is 1. The van der Waals surface area contributed by atoms with Crippen LogP contribution in [0.25, 0.3) is 0 Å². The molecule has 1 heterocycles. The van der Waals surface area contributed by atoms with E-state index in [-0.39, 0.29) is 18.0 Å². The van der Waals surface area contributed by atoms with Crippen molar-refractivity contribution in [2.45, 2.75) is 24.9 Å². The maximum atomic E-state index is 12.3. The molecule has 4 N–H and O–H groups in total. The molecular formula is C13H18N4O3S. The first kappa shape index (κ1) is 15.5. The van der Waals surface area contributed by atoms with Crippen molar-refractivity contribution in [1.82, 2.24) is 14.9 Å². The molecule has 0 saturated carbocycles. The number of H-pyrrole nitrogens is 1. The van der Waals surface area contributed by atoms with Crippen molar-refractivity contribution in [3.05, 3.63) is 41.2 Å². The second kappa shape index (κ2) is 6.25. The van der Waals surface area contributed by atoms with Crippen molar-refractivity contribution in [1.29, 1.82) is 0 Å². The van der Waals surface area contributed by atoms with Crippen molar-refractivity contribution < 1.29 is 13.2 Å². The Bertz CT molecular complexity index is 708. The van der Waals surface area contributed by atoms with Gasteiger partial charge in [-0.25, -0.2) is 13.1 Å². The van der Waals surface area contributed by atoms with Crippen LogP contribution in [0, 0.1) is 6.92 Å². The molecule has 0 fully saturated rings. The molecule has 1 aromatic heterocycles. The summed E-state index contributed by atoms with van der Waals surface area (Å²) >= 11 is 0. The van der Waals surface area contributed by atoms with E-state index in [4.69, 9.17) is 10.5 Å². The fourth-order valence-corrected chi connectivity index (χ4v) is 3.35. The molecule has 0 bridgehead atoms. The Morgan fingerprint density at radius 2 is 2.00 bits per heavy atom. The lowest BCUT2D eigenvalue weighted by Gasteiger charge is -2.08. The summed E-state index contributed by atoms with van der Waals surface area (Å²) in [6.45, 7) is 1.89. The number of aryl methyl sites for hydroxylation is 1. The van der Waals surface area contributed by atoms with Crippen LogP contribution in [-0.2, 0) is 23.1 Å². The Morgan fingerprint density at radius 3 is 2.57 bits per heavy atom. The summed E-state index contributed by atoms with van der Waals surface area (Å²) in [6, 6.07) is 7.15. The second-order valence-corrected chi connectivity index (χ2v) is 6.20. The van der Waals surface area contributed by atoms with E-state index in [1.54, 1.807) is 38.3 Å². The highest BCUT2D eigenvalue weighted by Gasteiger charge is 2.23. The molecule has 0 atom stereocenters. The van der Waals surface area contributed by atoms with Crippen LogP contribution in [0.3, 0.4) is 0 Å². The smallest absolute Gasteiger partial charge is 0.244 e. The van der Waals surface area contributed by atoms with Gasteiger partial charge < -0.3 is 10.5 Å². The molecule has 2 rings (SSSR count). The van der Waals surface area contributed by atoms with Gasteiger partial charge in [0.1, 0.15) is 10.6 Å². The van der Waals surface area contributed by atoms with Gasteiger partial charge in [-0.2, -0.15) is 5.10 Å². The number of ether oxygens (including phenoxy) is 1. The SMILES string of the molecule is COc1ccc(CNS(=O)(=O)c2c(CN)n[nH]c2C)cc1. The summed E-state index contributed by atoms with van der Waals surface area (Å²) in [5.41, 5.74) is 7.14. The topological polar surface area (TPSA) is 110 Å². The Balaban J connectivity index is 2.15. The van der Waals surface area contributed by atoms with Crippen LogP contribution in [0.2, 0.25) is 0 Å². The Labute approximate surface area is 123 Å². The standard InChI is InChI=1S/C13H18N4O3S/c1-9-13(12(7-14)17-16-9)21(18,19)15-8-10-3-5-11(20-2)6-4-10/h3-6,15H,7-8,14H2,1-2H3,(H,16,17). The molecule has 0 unspecified atom stereocenters. The van der Waals surface area contributed by atoms with Crippen molar-refractivity contribution in [2.24, 2.45) is 5.73 Å². The first-order valence-corrected chi connectivity index (χ1v) is 7.82. The van der Waals surface area contributed by atoms with Crippen LogP contribution in [0.5, 0.6) is 5.75 Å². The minimum Gasteiger partial charge on any atom is -0.497 e. The van der Waals surface area contributed by atoms with E-state index >= 15 is 0 Å². The number of nitrogens with zero attached hydrogens (tertiary/aromatic N) is 1. The van der Waals surface area contributed by atoms with Gasteiger partial charge in [-0.15, -0.1) is 0 Å². The molecule has 0 radical (unpaired) electrons. The van der Waals surface area contributed by atoms with Crippen molar-refractivity contribution in [3.63, 3.8) is 0 Å². The van der Waals surface area contributed by atoms with Gasteiger partial charge in [0.15, 0.2) is 0 Å². The van der Waals surface area contributed by atoms with Gasteiger partial charge in [-0.05, 0) is 24.6 Å². The molecule has 0 aliphatic carbocycles. The lowest BCUT2D eigenvalue weighted by Crippen LogP contribution is -2.25. The van der Waals surface area contributed by atoms with E-state index in [2.05, 4.69) is 14.9 Å². The average Bonchev–Trinajstić information content (AvgIpc) is 2.87. The van der Waals surface area contributed by atoms with Gasteiger partial charge in [0, 0.05) is 13.1 Å². The molecule has 1 aromatic carbocycles. The van der Waals surface area contributed by atoms with Crippen LogP contribution >= 0.6 is 0 Å². The number of aromatic amines is 1. The molecule has 0 saturated heterocycles. The van der Waals surface area contributed by atoms with Gasteiger partial charge >= 0.3 is 0 Å². The van der Waals surface area contributed by atoms with Gasteiger partial charge in [0.05, 0.1) is 18.5 Å². The summed E-state index contributed by atoms with van der Waals surface area (Å²) in [6.07, 6.45) is 0. The van der Waals surface area contributed by atoms with Crippen LogP contribution in [0.15, 0.2) is 29.2 Å². The van der Waals surface area contributed by atoms with Gasteiger partial charge in [-0.1, -0.05) is 12.1 Å². The Morgan fingerprint density at radius 1 is 1.33 bits per heavy atom. The largest absolute Gasteiger partial charge is 0.497 e. The van der Waals surface area contributed by atoms with E-state index in [1.165, 1.54) is 0 Å². The number of methoxy groups -OCH3 is 1. The fourth-order valence-electron chi connectivity index (χ4n) is 1.96. The van der Waals surface area contributed by atoms with Gasteiger partial charge in [0.2, 0.25) is 10.0 Å². The number of hydrogen-bond donors (Lipinski definition) is 3. The zero-order chi connectivity index (χ0) is 15.5. The predicted molar refractivity (Wildman–Crippen MR) is 78.2 cm³/mol. The van der Waals surface area contributed by atoms with Crippen molar-refractivity contribution >= 4 is 10.0 Å². The van der Waals surface area contributed by atoms with Crippen molar-refractivity contribution in [2.75, 3.05) is 7.11 Å². The van der Waals surface area contributed by atoms with E-state index in [0.717, 1.165) is 11.3 Å². The molecule has 8 heteroatoms. The first-order chi connectivity index (χ1) is 9.97. The highest BCUT2D eigenvalue weighted by atomic mass is 32.2. The van der Waals surface area contributed by atoms with Gasteiger partial charge in [-0.3, -0.25) is 5.10 Å². The number of nitrogens with two attached hydrogens (primary N) is 1. The molecule has 7 nitrogen and oxygen atoms in total. The minimum atomic E-state index is -3.66. The van der Waals surface area contributed by atoms with E-state index in [9.17, 15) is 8.42 Å². The minimum absolute atomic E-state index is 0.0586. The lowest BCUT2D eigenvalue weighted by molar-refractivity contribution is 0.414. The number of aromatic nitrogens is 2. The highest BCUT2D eigenvalue weighted by Crippen LogP contribution is 2.18. The maximum Gasteiger partial charge on any atom is 0.244 e. The third-order valence-corrected chi connectivity index (χ3v) is 4.65. The summed E-state index contributed by atoms with van der Waals surface area (Å²) in [5, 5.41) is 6.53. The number of nitrogens with one attached hydrogen (secondary N) is 2. The normalized spacial score (nSPS) is 11.6. The molecule has 0 spiro atoms. The zero-order valence-corrected chi connectivity index (χ0v) is 12.7. The van der Waals surface area contributed by atoms with Crippen LogP contribution in [0.4, 0.5) is 0 Å². The number of rotatable bonds is 6. The molecule has 114 valence electrons. The predicted octanol–water partition coefficient (Wildman–Crippen LogP) is 0.664. The number of hydrogen-bond acceptors (Lipinski definition) is 5. The van der Waals surface area contributed by atoms with Crippen LogP contribution in [-0.4, -0.2) is 25.7 Å². The van der Waals surface area contributed by atoms with Crippen molar-refractivity contribution in [3.8, 4) is 5.75 Å². The molecule has 0 aliphatic heterocycles. The molecule has 21 heavy (non-hydrogen) atoms. The van der Waals surface area contributed by atoms with E-state index in [0.29, 0.717) is 11.4 Å². The number of sulfonamides is 1. The summed E-state index contributed by atoms with van der Waals surface area (Å²) in [7, 11) is -2.08. The van der Waals surface area contributed by atoms with Crippen LogP contribution < -0.4 is 15.2 Å². The maximum absolute atomic E-state index is 12.3. The fraction of sp³-hybridized carbons (Fsp3) is 0.308. The first-order valence-electron chi connectivity index (χ1n) is 6.34. The van der Waals surface area contributed by atoms with Crippen LogP contribution in [0.1, 0.15) is 17.0 Å². The average molecular weight is 310 g/mol. The highest BCUT2D eigenvalue weighted by molar-refractivity contribution is 7.89. The monoisotopic (exact) mass is 310 g/mol. The molecular weight excluding hydrogens is 292 g/mol. The summed E-state index contributed by atoms with van der Waals surface area (Å²) in [4.78, 5) is 0.124. The van der Waals surface area contributed by atoms with E-state index in [1.807, 2.05) is 0 Å². The molecule has 0 amide bonds. The zero-order valence-electron chi connectivity index (χ0n) is 11.9. The summed E-state index contributed by atoms with van der Waals surface area (Å²) < 4.78 is 32.3. The van der Waals surface area contributed by atoms with E-state index < -0.39 is 10.0 Å². The van der Waals surface area contributed by atoms with Gasteiger partial charge in [0.25, 0.3) is 0 Å². The molecule has 0 aliphatic rings. The summed E-state index contributed by atoms with van der Waals surface area (Å²) in [5.74, 6) is 0.720. The third kappa shape index (κ3) is 3.41. The molecule has 2 aromatic rings. The quantitative estimate of drug-likeness (QED) is 0.726. The second-order valence-electron chi connectivity index (χ2n) is 4.50.